The molecular formula is C20H28N2O2. The van der Waals surface area contributed by atoms with Gasteiger partial charge >= 0.3 is 0 Å². The highest BCUT2D eigenvalue weighted by molar-refractivity contribution is 5.85. The number of amides is 1. The fourth-order valence-electron chi connectivity index (χ4n) is 4.57. The van der Waals surface area contributed by atoms with E-state index in [9.17, 15) is 4.79 Å². The minimum Gasteiger partial charge on any atom is -0.379 e. The largest absolute Gasteiger partial charge is 0.379 e. The van der Waals surface area contributed by atoms with Gasteiger partial charge in [0, 0.05) is 32.2 Å². The maximum Gasteiger partial charge on any atom is 0.230 e. The van der Waals surface area contributed by atoms with E-state index < -0.39 is 0 Å². The molecule has 1 amide bonds. The molecule has 0 N–H and O–H groups in total. The molecule has 1 unspecified atom stereocenters. The van der Waals surface area contributed by atoms with Gasteiger partial charge in [-0.15, -0.1) is 0 Å². The third-order valence-corrected chi connectivity index (χ3v) is 6.03. The Balaban J connectivity index is 1.42. The zero-order chi connectivity index (χ0) is 16.4. The Morgan fingerprint density at radius 3 is 2.38 bits per heavy atom. The van der Waals surface area contributed by atoms with Crippen LogP contribution in [0.3, 0.4) is 0 Å². The third kappa shape index (κ3) is 3.22. The molecule has 3 aliphatic rings. The number of carbonyl (C=O) groups excluding carboxylic acids is 1. The van der Waals surface area contributed by atoms with E-state index in [0.29, 0.717) is 17.9 Å². The number of carbonyl (C=O) groups is 1. The van der Waals surface area contributed by atoms with E-state index in [-0.39, 0.29) is 5.92 Å². The number of morpholine rings is 1. The van der Waals surface area contributed by atoms with Crippen molar-refractivity contribution in [3.05, 3.63) is 35.9 Å². The average molecular weight is 328 g/mol. The molecule has 2 aliphatic heterocycles. The summed E-state index contributed by atoms with van der Waals surface area (Å²) in [5.74, 6) is 0.958. The Labute approximate surface area is 144 Å². The van der Waals surface area contributed by atoms with Gasteiger partial charge in [-0.2, -0.15) is 0 Å². The van der Waals surface area contributed by atoms with Crippen molar-refractivity contribution in [1.82, 2.24) is 9.80 Å². The quantitative estimate of drug-likeness (QED) is 0.851. The summed E-state index contributed by atoms with van der Waals surface area (Å²) in [6.45, 7) is 5.48. The first kappa shape index (κ1) is 16.1. The van der Waals surface area contributed by atoms with Gasteiger partial charge in [0.2, 0.25) is 5.91 Å². The molecule has 1 aromatic rings. The molecule has 0 aromatic heterocycles. The molecular weight excluding hydrogens is 300 g/mol. The van der Waals surface area contributed by atoms with E-state index >= 15 is 0 Å². The van der Waals surface area contributed by atoms with Crippen molar-refractivity contribution in [2.24, 2.45) is 5.92 Å². The molecule has 1 aromatic carbocycles. The molecule has 4 rings (SSSR count). The van der Waals surface area contributed by atoms with Gasteiger partial charge in [-0.3, -0.25) is 9.69 Å². The summed E-state index contributed by atoms with van der Waals surface area (Å²) < 4.78 is 5.43. The molecule has 1 atom stereocenters. The molecule has 0 radical (unpaired) electrons. The Hall–Kier alpha value is -1.39. The lowest BCUT2D eigenvalue weighted by atomic mass is 9.83. The number of ether oxygens (including phenoxy) is 1. The van der Waals surface area contributed by atoms with Gasteiger partial charge in [0.15, 0.2) is 0 Å². The maximum atomic E-state index is 13.2. The predicted molar refractivity (Wildman–Crippen MR) is 93.9 cm³/mol. The summed E-state index contributed by atoms with van der Waals surface area (Å²) in [6.07, 6.45) is 4.95. The van der Waals surface area contributed by atoms with Crippen LogP contribution in [0.1, 0.15) is 37.2 Å². The van der Waals surface area contributed by atoms with E-state index in [1.54, 1.807) is 0 Å². The summed E-state index contributed by atoms with van der Waals surface area (Å²) in [4.78, 5) is 17.8. The van der Waals surface area contributed by atoms with E-state index in [1.807, 2.05) is 6.07 Å². The Morgan fingerprint density at radius 1 is 1.04 bits per heavy atom. The van der Waals surface area contributed by atoms with E-state index in [2.05, 4.69) is 34.1 Å². The van der Waals surface area contributed by atoms with Crippen LogP contribution in [-0.2, 0) is 9.53 Å². The summed E-state index contributed by atoms with van der Waals surface area (Å²) in [7, 11) is 0. The average Bonchev–Trinajstić information content (AvgIpc) is 3.10. The molecule has 0 spiro atoms. The van der Waals surface area contributed by atoms with Gasteiger partial charge in [-0.25, -0.2) is 0 Å². The van der Waals surface area contributed by atoms with Crippen LogP contribution in [0.25, 0.3) is 0 Å². The zero-order valence-electron chi connectivity index (χ0n) is 14.4. The topological polar surface area (TPSA) is 32.8 Å². The summed E-state index contributed by atoms with van der Waals surface area (Å²) in [6, 6.07) is 11.0. The smallest absolute Gasteiger partial charge is 0.230 e. The SMILES string of the molecule is O=C(C(c1ccccc1)C1CCCC1)N1CC(N2CCOCC2)C1. The number of rotatable bonds is 4. The summed E-state index contributed by atoms with van der Waals surface area (Å²) in [5.41, 5.74) is 1.21. The molecule has 3 fully saturated rings. The van der Waals surface area contributed by atoms with Crippen molar-refractivity contribution in [3.8, 4) is 0 Å². The van der Waals surface area contributed by atoms with Gasteiger partial charge in [-0.05, 0) is 24.3 Å². The molecule has 4 heteroatoms. The van der Waals surface area contributed by atoms with E-state index in [0.717, 1.165) is 39.4 Å². The standard InChI is InChI=1S/C20H28N2O2/c23-20(22-14-18(15-22)21-10-12-24-13-11-21)19(17-8-4-5-9-17)16-6-2-1-3-7-16/h1-3,6-7,17-19H,4-5,8-15H2. The van der Waals surface area contributed by atoms with Gasteiger partial charge in [0.05, 0.1) is 19.1 Å². The van der Waals surface area contributed by atoms with Crippen molar-refractivity contribution >= 4 is 5.91 Å². The first-order valence-corrected chi connectivity index (χ1v) is 9.48. The highest BCUT2D eigenvalue weighted by Crippen LogP contribution is 2.39. The maximum absolute atomic E-state index is 13.2. The van der Waals surface area contributed by atoms with Crippen LogP contribution in [0, 0.1) is 5.92 Å². The van der Waals surface area contributed by atoms with Crippen molar-refractivity contribution in [3.63, 3.8) is 0 Å². The van der Waals surface area contributed by atoms with Crippen molar-refractivity contribution in [2.75, 3.05) is 39.4 Å². The summed E-state index contributed by atoms with van der Waals surface area (Å²) >= 11 is 0. The van der Waals surface area contributed by atoms with Gasteiger partial charge in [0.25, 0.3) is 0 Å². The van der Waals surface area contributed by atoms with Crippen LogP contribution in [0.4, 0.5) is 0 Å². The van der Waals surface area contributed by atoms with Crippen molar-refractivity contribution in [2.45, 2.75) is 37.6 Å². The van der Waals surface area contributed by atoms with E-state index in [1.165, 1.54) is 31.2 Å². The van der Waals surface area contributed by atoms with Gasteiger partial charge in [0.1, 0.15) is 0 Å². The first-order valence-electron chi connectivity index (χ1n) is 9.48. The molecule has 24 heavy (non-hydrogen) atoms. The van der Waals surface area contributed by atoms with Crippen molar-refractivity contribution in [1.29, 1.82) is 0 Å². The molecule has 130 valence electrons. The third-order valence-electron chi connectivity index (χ3n) is 6.03. The molecule has 1 saturated carbocycles. The van der Waals surface area contributed by atoms with Crippen LogP contribution in [0.2, 0.25) is 0 Å². The van der Waals surface area contributed by atoms with Crippen LogP contribution in [0.15, 0.2) is 30.3 Å². The predicted octanol–water partition coefficient (Wildman–Crippen LogP) is 2.50. The fraction of sp³-hybridized carbons (Fsp3) is 0.650. The minimum absolute atomic E-state index is 0.0688. The number of hydrogen-bond acceptors (Lipinski definition) is 3. The number of nitrogens with zero attached hydrogens (tertiary/aromatic N) is 2. The number of likely N-dealkylation sites (tertiary alicyclic amines) is 1. The molecule has 2 heterocycles. The fourth-order valence-corrected chi connectivity index (χ4v) is 4.57. The Kier molecular flexibility index (Phi) is 4.86. The Bertz CT molecular complexity index is 544. The molecule has 0 bridgehead atoms. The minimum atomic E-state index is 0.0688. The zero-order valence-corrected chi connectivity index (χ0v) is 14.4. The monoisotopic (exact) mass is 328 g/mol. The lowest BCUT2D eigenvalue weighted by Crippen LogP contribution is -2.63. The number of benzene rings is 1. The second-order valence-corrected chi connectivity index (χ2v) is 7.48. The Morgan fingerprint density at radius 2 is 1.71 bits per heavy atom. The number of hydrogen-bond donors (Lipinski definition) is 0. The van der Waals surface area contributed by atoms with Crippen LogP contribution < -0.4 is 0 Å². The highest BCUT2D eigenvalue weighted by Gasteiger charge is 2.41. The van der Waals surface area contributed by atoms with Crippen LogP contribution in [-0.4, -0.2) is 61.1 Å². The lowest BCUT2D eigenvalue weighted by molar-refractivity contribution is -0.143. The normalized spacial score (nSPS) is 24.8. The van der Waals surface area contributed by atoms with Gasteiger partial charge < -0.3 is 9.64 Å². The molecule has 4 nitrogen and oxygen atoms in total. The second-order valence-electron chi connectivity index (χ2n) is 7.48. The van der Waals surface area contributed by atoms with Gasteiger partial charge in [-0.1, -0.05) is 43.2 Å². The lowest BCUT2D eigenvalue weighted by Gasteiger charge is -2.48. The molecule has 1 aliphatic carbocycles. The molecule has 2 saturated heterocycles. The van der Waals surface area contributed by atoms with Crippen LogP contribution >= 0.6 is 0 Å². The van der Waals surface area contributed by atoms with Crippen LogP contribution in [0.5, 0.6) is 0 Å². The van der Waals surface area contributed by atoms with E-state index in [4.69, 9.17) is 4.74 Å². The summed E-state index contributed by atoms with van der Waals surface area (Å²) in [5, 5.41) is 0. The first-order chi connectivity index (χ1) is 11.8. The second kappa shape index (κ2) is 7.24. The van der Waals surface area contributed by atoms with Crippen molar-refractivity contribution < 1.29 is 9.53 Å². The highest BCUT2D eigenvalue weighted by atomic mass is 16.5.